The van der Waals surface area contributed by atoms with E-state index in [1.165, 1.54) is 12.8 Å². The summed E-state index contributed by atoms with van der Waals surface area (Å²) in [6, 6.07) is 0.329. The van der Waals surface area contributed by atoms with Crippen LogP contribution in [-0.2, 0) is 19.1 Å². The smallest absolute Gasteiger partial charge is 0.312 e. The summed E-state index contributed by atoms with van der Waals surface area (Å²) in [4.78, 5) is 27.3. The highest BCUT2D eigenvalue weighted by molar-refractivity contribution is 5.91. The van der Waals surface area contributed by atoms with E-state index in [2.05, 4.69) is 0 Å². The number of likely N-dealkylation sites (tertiary alicyclic amines) is 1. The van der Waals surface area contributed by atoms with E-state index >= 15 is 0 Å². The molecule has 0 aromatic heterocycles. The van der Waals surface area contributed by atoms with E-state index in [0.29, 0.717) is 19.2 Å². The zero-order valence-corrected chi connectivity index (χ0v) is 13.0. The molecule has 0 radical (unpaired) electrons. The number of hydrogen-bond acceptors (Lipinski definition) is 4. The Hall–Kier alpha value is -1.36. The lowest BCUT2D eigenvalue weighted by atomic mass is 9.77. The molecule has 120 valence electrons. The second-order valence-corrected chi connectivity index (χ2v) is 6.97. The number of ether oxygens (including phenoxy) is 2. The first-order chi connectivity index (χ1) is 10.7. The predicted octanol–water partition coefficient (Wildman–Crippen LogP) is 1.66. The summed E-state index contributed by atoms with van der Waals surface area (Å²) in [5.41, 5.74) is -0.583. The third kappa shape index (κ3) is 1.87. The van der Waals surface area contributed by atoms with Crippen LogP contribution in [0.15, 0.2) is 12.2 Å². The quantitative estimate of drug-likeness (QED) is 0.585. The number of fused-ring (bicyclic) bond motifs is 1. The van der Waals surface area contributed by atoms with Crippen LogP contribution in [0.2, 0.25) is 0 Å². The molecule has 2 bridgehead atoms. The lowest BCUT2D eigenvalue weighted by Crippen LogP contribution is -2.41. The van der Waals surface area contributed by atoms with Gasteiger partial charge in [0.15, 0.2) is 0 Å². The summed E-state index contributed by atoms with van der Waals surface area (Å²) in [5, 5.41) is 0. The lowest BCUT2D eigenvalue weighted by Gasteiger charge is -2.26. The zero-order chi connectivity index (χ0) is 15.3. The molecular weight excluding hydrogens is 282 g/mol. The number of amides is 1. The molecule has 1 aliphatic carbocycles. The second kappa shape index (κ2) is 5.08. The SMILES string of the molecule is CCCOC(=O)C1[C@@H]2C=CC3(CN(C4CCCC4)C(=O)[C@H]13)O2. The van der Waals surface area contributed by atoms with E-state index in [4.69, 9.17) is 9.47 Å². The summed E-state index contributed by atoms with van der Waals surface area (Å²) in [5.74, 6) is -1.02. The van der Waals surface area contributed by atoms with Crippen molar-refractivity contribution in [2.24, 2.45) is 11.8 Å². The average molecular weight is 305 g/mol. The van der Waals surface area contributed by atoms with Crippen molar-refractivity contribution in [2.75, 3.05) is 13.2 Å². The summed E-state index contributed by atoms with van der Waals surface area (Å²) in [6.07, 6.45) is 8.99. The zero-order valence-electron chi connectivity index (χ0n) is 13.0. The maximum Gasteiger partial charge on any atom is 0.312 e. The Balaban J connectivity index is 1.58. The Labute approximate surface area is 130 Å². The molecule has 1 saturated carbocycles. The maximum absolute atomic E-state index is 13.0. The maximum atomic E-state index is 13.0. The van der Waals surface area contributed by atoms with E-state index in [-0.39, 0.29) is 23.9 Å². The predicted molar refractivity (Wildman–Crippen MR) is 78.9 cm³/mol. The van der Waals surface area contributed by atoms with E-state index in [9.17, 15) is 9.59 Å². The largest absolute Gasteiger partial charge is 0.465 e. The highest BCUT2D eigenvalue weighted by atomic mass is 16.6. The van der Waals surface area contributed by atoms with Crippen LogP contribution in [0, 0.1) is 11.8 Å². The van der Waals surface area contributed by atoms with Crippen LogP contribution in [0.3, 0.4) is 0 Å². The molecule has 4 atom stereocenters. The molecule has 3 fully saturated rings. The van der Waals surface area contributed by atoms with Crippen LogP contribution in [0.25, 0.3) is 0 Å². The number of hydrogen-bond donors (Lipinski definition) is 0. The molecule has 3 heterocycles. The minimum Gasteiger partial charge on any atom is -0.465 e. The minimum atomic E-state index is -0.583. The Morgan fingerprint density at radius 2 is 2.23 bits per heavy atom. The van der Waals surface area contributed by atoms with Gasteiger partial charge in [0.25, 0.3) is 0 Å². The Morgan fingerprint density at radius 1 is 1.45 bits per heavy atom. The third-order valence-electron chi connectivity index (χ3n) is 5.62. The molecule has 22 heavy (non-hydrogen) atoms. The van der Waals surface area contributed by atoms with Crippen molar-refractivity contribution in [3.63, 3.8) is 0 Å². The van der Waals surface area contributed by atoms with E-state index in [0.717, 1.165) is 19.3 Å². The van der Waals surface area contributed by atoms with Crippen molar-refractivity contribution in [2.45, 2.75) is 56.8 Å². The molecule has 1 spiro atoms. The second-order valence-electron chi connectivity index (χ2n) is 6.97. The monoisotopic (exact) mass is 305 g/mol. The van der Waals surface area contributed by atoms with Crippen molar-refractivity contribution in [1.29, 1.82) is 0 Å². The molecule has 2 saturated heterocycles. The van der Waals surface area contributed by atoms with Crippen molar-refractivity contribution in [1.82, 2.24) is 4.90 Å². The fourth-order valence-electron chi connectivity index (χ4n) is 4.62. The van der Waals surface area contributed by atoms with Gasteiger partial charge < -0.3 is 14.4 Å². The highest BCUT2D eigenvalue weighted by Gasteiger charge is 2.67. The van der Waals surface area contributed by atoms with Crippen molar-refractivity contribution >= 4 is 11.9 Å². The number of rotatable bonds is 4. The third-order valence-corrected chi connectivity index (χ3v) is 5.62. The summed E-state index contributed by atoms with van der Waals surface area (Å²) >= 11 is 0. The first-order valence-electron chi connectivity index (χ1n) is 8.50. The molecule has 5 nitrogen and oxygen atoms in total. The summed E-state index contributed by atoms with van der Waals surface area (Å²) < 4.78 is 11.4. The normalized spacial score (nSPS) is 39.8. The number of carbonyl (C=O) groups excluding carboxylic acids is 2. The summed E-state index contributed by atoms with van der Waals surface area (Å²) in [7, 11) is 0. The number of esters is 1. The Morgan fingerprint density at radius 3 is 2.95 bits per heavy atom. The molecular formula is C17H23NO4. The van der Waals surface area contributed by atoms with Crippen LogP contribution in [0.1, 0.15) is 39.0 Å². The molecule has 3 aliphatic heterocycles. The number of carbonyl (C=O) groups is 2. The molecule has 5 heteroatoms. The molecule has 2 unspecified atom stereocenters. The van der Waals surface area contributed by atoms with Gasteiger partial charge in [0.05, 0.1) is 25.2 Å². The molecule has 4 rings (SSSR count). The van der Waals surface area contributed by atoms with E-state index in [1.807, 2.05) is 24.0 Å². The molecule has 0 aromatic rings. The number of nitrogens with zero attached hydrogens (tertiary/aromatic N) is 1. The molecule has 0 N–H and O–H groups in total. The van der Waals surface area contributed by atoms with Crippen LogP contribution in [0.5, 0.6) is 0 Å². The van der Waals surface area contributed by atoms with Crippen molar-refractivity contribution < 1.29 is 19.1 Å². The summed E-state index contributed by atoms with van der Waals surface area (Å²) in [6.45, 7) is 2.98. The van der Waals surface area contributed by atoms with Gasteiger partial charge >= 0.3 is 5.97 Å². The standard InChI is InChI=1S/C17H23NO4/c1-2-9-21-16(20)13-12-7-8-17(22-12)10-18(15(19)14(13)17)11-5-3-4-6-11/h7-8,11-14H,2-6,9-10H2,1H3/t12-,13?,14-,17?/m0/s1. The van der Waals surface area contributed by atoms with Crippen LogP contribution >= 0.6 is 0 Å². The van der Waals surface area contributed by atoms with Crippen molar-refractivity contribution in [3.8, 4) is 0 Å². The van der Waals surface area contributed by atoms with Gasteiger partial charge in [-0.25, -0.2) is 0 Å². The van der Waals surface area contributed by atoms with Crippen LogP contribution < -0.4 is 0 Å². The van der Waals surface area contributed by atoms with Gasteiger partial charge in [-0.05, 0) is 19.3 Å². The molecule has 1 amide bonds. The average Bonchev–Trinajstić information content (AvgIpc) is 3.25. The van der Waals surface area contributed by atoms with Crippen LogP contribution in [-0.4, -0.2) is 47.7 Å². The first-order valence-corrected chi connectivity index (χ1v) is 8.50. The topological polar surface area (TPSA) is 55.8 Å². The van der Waals surface area contributed by atoms with Gasteiger partial charge in [-0.3, -0.25) is 9.59 Å². The lowest BCUT2D eigenvalue weighted by molar-refractivity contribution is -0.154. The highest BCUT2D eigenvalue weighted by Crippen LogP contribution is 2.53. The van der Waals surface area contributed by atoms with Gasteiger partial charge in [0.1, 0.15) is 11.5 Å². The van der Waals surface area contributed by atoms with E-state index < -0.39 is 11.5 Å². The van der Waals surface area contributed by atoms with E-state index in [1.54, 1.807) is 0 Å². The fourth-order valence-corrected chi connectivity index (χ4v) is 4.62. The van der Waals surface area contributed by atoms with Gasteiger partial charge in [-0.1, -0.05) is 31.9 Å². The fraction of sp³-hybridized carbons (Fsp3) is 0.765. The van der Waals surface area contributed by atoms with Gasteiger partial charge in [-0.15, -0.1) is 0 Å². The van der Waals surface area contributed by atoms with Gasteiger partial charge in [0.2, 0.25) is 5.91 Å². The van der Waals surface area contributed by atoms with Gasteiger partial charge in [-0.2, -0.15) is 0 Å². The molecule has 4 aliphatic rings. The van der Waals surface area contributed by atoms with Crippen molar-refractivity contribution in [3.05, 3.63) is 12.2 Å². The Kier molecular flexibility index (Phi) is 3.29. The first kappa shape index (κ1) is 14.2. The van der Waals surface area contributed by atoms with Crippen LogP contribution in [0.4, 0.5) is 0 Å². The van der Waals surface area contributed by atoms with Gasteiger partial charge in [0, 0.05) is 6.04 Å². The Bertz CT molecular complexity index is 525. The molecule has 0 aromatic carbocycles. The minimum absolute atomic E-state index is 0.0946.